The number of benzene rings is 5. The number of hydrogen-bond acceptors (Lipinski definition) is 0. The summed E-state index contributed by atoms with van der Waals surface area (Å²) in [4.78, 5) is 0. The minimum atomic E-state index is 1.11. The molecule has 0 atom stereocenters. The van der Waals surface area contributed by atoms with E-state index in [0.717, 1.165) is 12.8 Å². The van der Waals surface area contributed by atoms with Gasteiger partial charge in [0.2, 0.25) is 0 Å². The van der Waals surface area contributed by atoms with Crippen molar-refractivity contribution in [2.45, 2.75) is 12.8 Å². The van der Waals surface area contributed by atoms with E-state index in [2.05, 4.69) is 106 Å². The lowest BCUT2D eigenvalue weighted by molar-refractivity contribution is 1.05. The van der Waals surface area contributed by atoms with Gasteiger partial charge in [-0.2, -0.15) is 0 Å². The third kappa shape index (κ3) is 1.79. The van der Waals surface area contributed by atoms with Crippen LogP contribution in [0.25, 0.3) is 82.3 Å². The third-order valence-electron chi connectivity index (χ3n) is 8.84. The minimum Gasteiger partial charge on any atom is -0.308 e. The predicted octanol–water partition coefficient (Wildman–Crippen LogP) is 7.99. The largest absolute Gasteiger partial charge is 0.308 e. The molecule has 0 N–H and O–H groups in total. The molecule has 2 nitrogen and oxygen atoms in total. The molecule has 9 aromatic rings. The summed E-state index contributed by atoms with van der Waals surface area (Å²) < 4.78 is 5.08. The number of para-hydroxylation sites is 3. The van der Waals surface area contributed by atoms with Crippen molar-refractivity contribution in [1.82, 2.24) is 8.80 Å². The number of rotatable bonds is 0. The van der Waals surface area contributed by atoms with Crippen molar-refractivity contribution in [2.24, 2.45) is 0 Å². The molecule has 0 saturated heterocycles. The number of fused-ring (bicyclic) bond motifs is 15. The predicted molar refractivity (Wildman–Crippen MR) is 153 cm³/mol. The Morgan fingerprint density at radius 3 is 1.67 bits per heavy atom. The fourth-order valence-corrected chi connectivity index (χ4v) is 7.53. The summed E-state index contributed by atoms with van der Waals surface area (Å²) >= 11 is 0. The molecule has 36 heavy (non-hydrogen) atoms. The maximum absolute atomic E-state index is 2.56. The standard InChI is InChI=1S/C34H20N2/c1-3-13-29-19(7-1)21-9-5-11-23-25-15-18-28-27(33(25)35(29)31(21)23)17-16-26-24-12-6-10-22-20-8-2-4-14-30(20)36(32(22)24)34(26)28/h1-5,7-11,13-18H,6,12H2. The van der Waals surface area contributed by atoms with Gasteiger partial charge in [0, 0.05) is 48.3 Å². The van der Waals surface area contributed by atoms with E-state index in [1.54, 1.807) is 0 Å². The first-order chi connectivity index (χ1) is 17.9. The van der Waals surface area contributed by atoms with Crippen molar-refractivity contribution in [3.63, 3.8) is 0 Å². The Hall–Kier alpha value is -4.56. The smallest absolute Gasteiger partial charge is 0.0620 e. The summed E-state index contributed by atoms with van der Waals surface area (Å²) in [6, 6.07) is 34.1. The van der Waals surface area contributed by atoms with E-state index in [1.807, 2.05) is 0 Å². The highest BCUT2D eigenvalue weighted by Crippen LogP contribution is 2.44. The van der Waals surface area contributed by atoms with Crippen molar-refractivity contribution >= 4 is 82.3 Å². The van der Waals surface area contributed by atoms with E-state index in [9.17, 15) is 0 Å². The Morgan fingerprint density at radius 2 is 0.917 bits per heavy atom. The summed E-state index contributed by atoms with van der Waals surface area (Å²) in [6.45, 7) is 0. The lowest BCUT2D eigenvalue weighted by Gasteiger charge is -2.07. The quantitative estimate of drug-likeness (QED) is 0.219. The first-order valence-electron chi connectivity index (χ1n) is 12.9. The summed E-state index contributed by atoms with van der Waals surface area (Å²) in [5, 5.41) is 12.2. The Labute approximate surface area is 205 Å². The number of nitrogens with zero attached hydrogens (tertiary/aromatic N) is 2. The molecule has 4 aromatic heterocycles. The van der Waals surface area contributed by atoms with Crippen LogP contribution in [0.5, 0.6) is 0 Å². The van der Waals surface area contributed by atoms with Crippen LogP contribution in [-0.4, -0.2) is 8.80 Å². The van der Waals surface area contributed by atoms with E-state index in [0.29, 0.717) is 0 Å². The second-order valence-corrected chi connectivity index (χ2v) is 10.4. The van der Waals surface area contributed by atoms with Crippen LogP contribution in [0, 0.1) is 0 Å². The monoisotopic (exact) mass is 456 g/mol. The van der Waals surface area contributed by atoms with Crippen LogP contribution < -0.4 is 5.22 Å². The molecule has 166 valence electrons. The number of aromatic nitrogens is 2. The zero-order valence-corrected chi connectivity index (χ0v) is 19.5. The molecular formula is C34H20N2. The highest BCUT2D eigenvalue weighted by Gasteiger charge is 2.23. The van der Waals surface area contributed by atoms with Crippen LogP contribution in [0.15, 0.2) is 91.0 Å². The first-order valence-corrected chi connectivity index (χ1v) is 12.9. The average Bonchev–Trinajstić information content (AvgIpc) is 3.66. The van der Waals surface area contributed by atoms with Crippen LogP contribution in [0.4, 0.5) is 0 Å². The van der Waals surface area contributed by atoms with Crippen LogP contribution in [-0.2, 0) is 6.42 Å². The Kier molecular flexibility index (Phi) is 2.87. The summed E-state index contributed by atoms with van der Waals surface area (Å²) in [5.74, 6) is 0. The Morgan fingerprint density at radius 1 is 0.417 bits per heavy atom. The molecule has 0 spiro atoms. The Bertz CT molecular complexity index is 2470. The molecule has 0 fully saturated rings. The zero-order valence-electron chi connectivity index (χ0n) is 19.5. The summed E-state index contributed by atoms with van der Waals surface area (Å²) in [6.07, 6.45) is 4.67. The minimum absolute atomic E-state index is 1.11. The molecule has 1 aliphatic rings. The van der Waals surface area contributed by atoms with Crippen molar-refractivity contribution in [3.8, 4) is 0 Å². The molecule has 1 aliphatic carbocycles. The van der Waals surface area contributed by atoms with Gasteiger partial charge in [-0.05, 0) is 30.5 Å². The SMILES string of the molecule is C1=c2c3ccccc3n3c2c(c2ccc4c(ccc5c6cccc7c8ccccc8n(c76)c45)c23)CC1. The van der Waals surface area contributed by atoms with Gasteiger partial charge in [0.05, 0.1) is 33.1 Å². The van der Waals surface area contributed by atoms with Crippen LogP contribution in [0.3, 0.4) is 0 Å². The molecule has 0 aliphatic heterocycles. The van der Waals surface area contributed by atoms with Crippen molar-refractivity contribution in [1.29, 1.82) is 0 Å². The van der Waals surface area contributed by atoms with Gasteiger partial charge >= 0.3 is 0 Å². The third-order valence-corrected chi connectivity index (χ3v) is 8.84. The van der Waals surface area contributed by atoms with Gasteiger partial charge < -0.3 is 8.80 Å². The molecule has 10 rings (SSSR count). The van der Waals surface area contributed by atoms with Crippen molar-refractivity contribution in [2.75, 3.05) is 0 Å². The normalized spacial score (nSPS) is 14.1. The van der Waals surface area contributed by atoms with Gasteiger partial charge in [-0.25, -0.2) is 0 Å². The first kappa shape index (κ1) is 17.8. The van der Waals surface area contributed by atoms with E-state index >= 15 is 0 Å². The van der Waals surface area contributed by atoms with E-state index in [4.69, 9.17) is 0 Å². The average molecular weight is 457 g/mol. The molecule has 5 aromatic carbocycles. The van der Waals surface area contributed by atoms with E-state index in [1.165, 1.54) is 87.0 Å². The molecule has 0 bridgehead atoms. The van der Waals surface area contributed by atoms with Gasteiger partial charge in [-0.3, -0.25) is 0 Å². The zero-order chi connectivity index (χ0) is 23.1. The number of aryl methyl sites for hydroxylation is 1. The lowest BCUT2D eigenvalue weighted by atomic mass is 9.97. The molecule has 0 saturated carbocycles. The summed E-state index contributed by atoms with van der Waals surface area (Å²) in [7, 11) is 0. The molecule has 0 radical (unpaired) electrons. The maximum Gasteiger partial charge on any atom is 0.0620 e. The second kappa shape index (κ2) is 5.80. The van der Waals surface area contributed by atoms with Crippen LogP contribution in [0.2, 0.25) is 0 Å². The van der Waals surface area contributed by atoms with E-state index < -0.39 is 0 Å². The fraction of sp³-hybridized carbons (Fsp3) is 0.0588. The van der Waals surface area contributed by atoms with Crippen LogP contribution in [0.1, 0.15) is 12.0 Å². The molecule has 0 amide bonds. The van der Waals surface area contributed by atoms with Gasteiger partial charge in [0.1, 0.15) is 0 Å². The highest BCUT2D eigenvalue weighted by atomic mass is 14.9. The fourth-order valence-electron chi connectivity index (χ4n) is 7.53. The second-order valence-electron chi connectivity index (χ2n) is 10.4. The maximum atomic E-state index is 2.56. The topological polar surface area (TPSA) is 8.82 Å². The Balaban J connectivity index is 1.53. The van der Waals surface area contributed by atoms with Gasteiger partial charge in [-0.15, -0.1) is 0 Å². The van der Waals surface area contributed by atoms with Gasteiger partial charge in [0.15, 0.2) is 0 Å². The van der Waals surface area contributed by atoms with Gasteiger partial charge in [-0.1, -0.05) is 84.9 Å². The van der Waals surface area contributed by atoms with Gasteiger partial charge in [0.25, 0.3) is 0 Å². The van der Waals surface area contributed by atoms with E-state index in [-0.39, 0.29) is 0 Å². The highest BCUT2D eigenvalue weighted by molar-refractivity contribution is 6.29. The molecular weight excluding hydrogens is 436 g/mol. The van der Waals surface area contributed by atoms with Crippen molar-refractivity contribution in [3.05, 3.63) is 102 Å². The molecule has 2 heteroatoms. The lowest BCUT2D eigenvalue weighted by Crippen LogP contribution is -2.05. The van der Waals surface area contributed by atoms with Crippen molar-refractivity contribution < 1.29 is 0 Å². The van der Waals surface area contributed by atoms with Crippen LogP contribution >= 0.6 is 0 Å². The molecule has 4 heterocycles. The number of hydrogen-bond donors (Lipinski definition) is 0. The summed E-state index contributed by atoms with van der Waals surface area (Å²) in [5.41, 5.74) is 9.58. The molecule has 0 unspecified atom stereocenters.